The van der Waals surface area contributed by atoms with E-state index in [1.54, 1.807) is 0 Å². The molecule has 6 nitrogen and oxygen atoms in total. The highest BCUT2D eigenvalue weighted by Crippen LogP contribution is 2.18. The topological polar surface area (TPSA) is 47.5 Å². The molecule has 1 saturated heterocycles. The maximum atomic E-state index is 4.73. The van der Waals surface area contributed by atoms with Gasteiger partial charge in [-0.3, -0.25) is 0 Å². The first kappa shape index (κ1) is 20.4. The van der Waals surface area contributed by atoms with Crippen LogP contribution >= 0.6 is 0 Å². The van der Waals surface area contributed by atoms with Crippen LogP contribution in [0.25, 0.3) is 0 Å². The number of benzene rings is 1. The molecule has 6 heteroatoms. The average Bonchev–Trinajstić information content (AvgIpc) is 2.98. The van der Waals surface area contributed by atoms with Crippen LogP contribution in [0.15, 0.2) is 36.5 Å². The molecular weight excluding hydrogens is 348 g/mol. The summed E-state index contributed by atoms with van der Waals surface area (Å²) in [5.74, 6) is 1.78. The summed E-state index contributed by atoms with van der Waals surface area (Å²) in [4.78, 5) is 15.9. The Bertz CT molecular complexity index is 707. The third-order valence-electron chi connectivity index (χ3n) is 5.25. The first-order valence-electron chi connectivity index (χ1n) is 10.4. The zero-order valence-corrected chi connectivity index (χ0v) is 17.6. The van der Waals surface area contributed by atoms with Gasteiger partial charge in [-0.1, -0.05) is 25.0 Å². The first-order valence-corrected chi connectivity index (χ1v) is 10.4. The molecule has 1 aliphatic heterocycles. The van der Waals surface area contributed by atoms with E-state index < -0.39 is 0 Å². The molecule has 1 aromatic heterocycles. The molecule has 1 aliphatic rings. The minimum atomic E-state index is 0.727. The van der Waals surface area contributed by atoms with Crippen molar-refractivity contribution >= 4 is 17.5 Å². The number of hydrogen-bond acceptors (Lipinski definition) is 6. The monoisotopic (exact) mass is 382 g/mol. The zero-order valence-electron chi connectivity index (χ0n) is 17.6. The molecule has 0 aliphatic carbocycles. The van der Waals surface area contributed by atoms with Crippen molar-refractivity contribution in [3.05, 3.63) is 42.1 Å². The molecular formula is C22H34N6. The molecule has 0 saturated carbocycles. The second kappa shape index (κ2) is 10.3. The number of hydrogen-bond donors (Lipinski definition) is 1. The molecule has 0 radical (unpaired) electrons. The van der Waals surface area contributed by atoms with E-state index in [-0.39, 0.29) is 0 Å². The Morgan fingerprint density at radius 3 is 2.36 bits per heavy atom. The quantitative estimate of drug-likeness (QED) is 0.754. The molecule has 1 fully saturated rings. The first-order chi connectivity index (χ1) is 13.6. The molecule has 2 heterocycles. The highest BCUT2D eigenvalue weighted by Gasteiger charge is 2.11. The van der Waals surface area contributed by atoms with E-state index >= 15 is 0 Å². The molecule has 0 spiro atoms. The van der Waals surface area contributed by atoms with Gasteiger partial charge in [0.15, 0.2) is 0 Å². The second-order valence-electron chi connectivity index (χ2n) is 7.87. The van der Waals surface area contributed by atoms with Crippen LogP contribution in [0.2, 0.25) is 0 Å². The van der Waals surface area contributed by atoms with Crippen molar-refractivity contribution in [2.24, 2.45) is 0 Å². The number of aromatic nitrogens is 2. The Balaban J connectivity index is 1.45. The van der Waals surface area contributed by atoms with Gasteiger partial charge in [0, 0.05) is 58.7 Å². The van der Waals surface area contributed by atoms with Crippen LogP contribution in [0.4, 0.5) is 17.5 Å². The van der Waals surface area contributed by atoms with Gasteiger partial charge in [0.05, 0.1) is 0 Å². The Labute approximate surface area is 169 Å². The maximum absolute atomic E-state index is 4.73. The predicted molar refractivity (Wildman–Crippen MR) is 118 cm³/mol. The average molecular weight is 383 g/mol. The van der Waals surface area contributed by atoms with Gasteiger partial charge in [-0.05, 0) is 43.7 Å². The fourth-order valence-corrected chi connectivity index (χ4v) is 3.56. The van der Waals surface area contributed by atoms with Crippen molar-refractivity contribution in [3.63, 3.8) is 0 Å². The maximum Gasteiger partial charge on any atom is 0.224 e. The minimum absolute atomic E-state index is 0.727. The van der Waals surface area contributed by atoms with Crippen molar-refractivity contribution in [3.8, 4) is 0 Å². The number of anilines is 3. The molecule has 1 aromatic carbocycles. The SMILES string of the molecule is CN(CCNc1nccc(N2CCCCCC2)n1)Cc1ccc(N(C)C)cc1. The molecule has 0 atom stereocenters. The fourth-order valence-electron chi connectivity index (χ4n) is 3.56. The smallest absolute Gasteiger partial charge is 0.224 e. The van der Waals surface area contributed by atoms with Gasteiger partial charge >= 0.3 is 0 Å². The van der Waals surface area contributed by atoms with Gasteiger partial charge in [-0.15, -0.1) is 0 Å². The molecule has 0 unspecified atom stereocenters. The van der Waals surface area contributed by atoms with Crippen molar-refractivity contribution in [1.29, 1.82) is 0 Å². The summed E-state index contributed by atoms with van der Waals surface area (Å²) < 4.78 is 0. The lowest BCUT2D eigenvalue weighted by atomic mass is 10.2. The van der Waals surface area contributed by atoms with Gasteiger partial charge < -0.3 is 20.0 Å². The second-order valence-corrected chi connectivity index (χ2v) is 7.87. The summed E-state index contributed by atoms with van der Waals surface area (Å²) in [6, 6.07) is 10.8. The van der Waals surface area contributed by atoms with E-state index in [0.29, 0.717) is 0 Å². The van der Waals surface area contributed by atoms with Crippen LogP contribution in [0.1, 0.15) is 31.2 Å². The van der Waals surface area contributed by atoms with Crippen molar-refractivity contribution in [1.82, 2.24) is 14.9 Å². The van der Waals surface area contributed by atoms with Gasteiger partial charge in [-0.25, -0.2) is 4.98 Å². The normalized spacial score (nSPS) is 14.8. The van der Waals surface area contributed by atoms with Crippen LogP contribution in [-0.2, 0) is 6.54 Å². The number of rotatable bonds is 8. The summed E-state index contributed by atoms with van der Waals surface area (Å²) in [6.07, 6.45) is 7.04. The third-order valence-corrected chi connectivity index (χ3v) is 5.25. The Kier molecular flexibility index (Phi) is 7.48. The summed E-state index contributed by atoms with van der Waals surface area (Å²) in [6.45, 7) is 4.91. The van der Waals surface area contributed by atoms with E-state index in [1.807, 2.05) is 12.3 Å². The summed E-state index contributed by atoms with van der Waals surface area (Å²) in [7, 11) is 6.28. The lowest BCUT2D eigenvalue weighted by molar-refractivity contribution is 0.340. The Morgan fingerprint density at radius 1 is 0.964 bits per heavy atom. The van der Waals surface area contributed by atoms with E-state index in [1.165, 1.54) is 36.9 Å². The van der Waals surface area contributed by atoms with Crippen LogP contribution in [0.5, 0.6) is 0 Å². The van der Waals surface area contributed by atoms with Gasteiger partial charge in [0.1, 0.15) is 5.82 Å². The van der Waals surface area contributed by atoms with Crippen molar-refractivity contribution < 1.29 is 0 Å². The lowest BCUT2D eigenvalue weighted by Crippen LogP contribution is -2.27. The zero-order chi connectivity index (χ0) is 19.8. The van der Waals surface area contributed by atoms with Crippen LogP contribution in [0.3, 0.4) is 0 Å². The summed E-state index contributed by atoms with van der Waals surface area (Å²) in [5, 5.41) is 3.38. The standard InChI is InChI=1S/C22H34N6/c1-26(2)20-10-8-19(9-11-20)18-27(3)17-14-24-22-23-13-12-21(25-22)28-15-6-4-5-7-16-28/h8-13H,4-7,14-18H2,1-3H3,(H,23,24,25). The van der Waals surface area contributed by atoms with Crippen LogP contribution in [-0.4, -0.2) is 62.2 Å². The molecule has 28 heavy (non-hydrogen) atoms. The molecule has 2 aromatic rings. The Morgan fingerprint density at radius 2 is 1.68 bits per heavy atom. The van der Waals surface area contributed by atoms with E-state index in [9.17, 15) is 0 Å². The lowest BCUT2D eigenvalue weighted by Gasteiger charge is -2.22. The van der Waals surface area contributed by atoms with Gasteiger partial charge in [-0.2, -0.15) is 4.98 Å². The molecule has 152 valence electrons. The van der Waals surface area contributed by atoms with E-state index in [0.717, 1.165) is 44.5 Å². The summed E-state index contributed by atoms with van der Waals surface area (Å²) >= 11 is 0. The highest BCUT2D eigenvalue weighted by atomic mass is 15.2. The van der Waals surface area contributed by atoms with Crippen LogP contribution in [0, 0.1) is 0 Å². The van der Waals surface area contributed by atoms with Crippen LogP contribution < -0.4 is 15.1 Å². The number of likely N-dealkylation sites (N-methyl/N-ethyl adjacent to an activating group) is 1. The predicted octanol–water partition coefficient (Wildman–Crippen LogP) is 3.47. The van der Waals surface area contributed by atoms with E-state index in [2.05, 4.69) is 70.4 Å². The van der Waals surface area contributed by atoms with Crippen molar-refractivity contribution in [2.75, 3.05) is 62.4 Å². The van der Waals surface area contributed by atoms with Crippen molar-refractivity contribution in [2.45, 2.75) is 32.2 Å². The molecule has 3 rings (SSSR count). The molecule has 0 amide bonds. The highest BCUT2D eigenvalue weighted by molar-refractivity contribution is 5.46. The number of nitrogens with zero attached hydrogens (tertiary/aromatic N) is 5. The van der Waals surface area contributed by atoms with E-state index in [4.69, 9.17) is 4.98 Å². The van der Waals surface area contributed by atoms with Gasteiger partial charge in [0.2, 0.25) is 5.95 Å². The number of nitrogens with one attached hydrogen (secondary N) is 1. The largest absolute Gasteiger partial charge is 0.378 e. The minimum Gasteiger partial charge on any atom is -0.378 e. The molecule has 0 bridgehead atoms. The van der Waals surface area contributed by atoms with Gasteiger partial charge in [0.25, 0.3) is 0 Å². The third kappa shape index (κ3) is 6.09. The fraction of sp³-hybridized carbons (Fsp3) is 0.545. The Hall–Kier alpha value is -2.34. The molecule has 1 N–H and O–H groups in total. The summed E-state index contributed by atoms with van der Waals surface area (Å²) in [5.41, 5.74) is 2.56.